The predicted octanol–water partition coefficient (Wildman–Crippen LogP) is 5.91. The highest BCUT2D eigenvalue weighted by Crippen LogP contribution is 2.44. The molecule has 0 atom stereocenters. The Kier molecular flexibility index (Phi) is 5.01. The van der Waals surface area contributed by atoms with Crippen molar-refractivity contribution in [2.24, 2.45) is 0 Å². The number of aromatic nitrogens is 1. The number of nitrogens with zero attached hydrogens (tertiary/aromatic N) is 1. The number of ether oxygens (including phenoxy) is 1. The summed E-state index contributed by atoms with van der Waals surface area (Å²) < 4.78 is 5.17. The number of hydrogen-bond acceptors (Lipinski definition) is 5. The van der Waals surface area contributed by atoms with E-state index in [0.717, 1.165) is 52.7 Å². The van der Waals surface area contributed by atoms with E-state index in [1.807, 2.05) is 12.1 Å². The molecule has 4 rings (SSSR count). The lowest BCUT2D eigenvalue weighted by molar-refractivity contribution is 0.0533. The van der Waals surface area contributed by atoms with E-state index in [9.17, 15) is 4.79 Å². The zero-order valence-corrected chi connectivity index (χ0v) is 17.1. The van der Waals surface area contributed by atoms with E-state index in [4.69, 9.17) is 38.7 Å². The third kappa shape index (κ3) is 3.18. The van der Waals surface area contributed by atoms with Crippen LogP contribution in [-0.4, -0.2) is 17.6 Å². The van der Waals surface area contributed by atoms with Gasteiger partial charge in [-0.3, -0.25) is 0 Å². The molecule has 27 heavy (non-hydrogen) atoms. The number of carbonyl (C=O) groups excluding carboxylic acids is 1. The van der Waals surface area contributed by atoms with Crippen molar-refractivity contribution >= 4 is 56.4 Å². The van der Waals surface area contributed by atoms with Crippen LogP contribution in [0.3, 0.4) is 0 Å². The monoisotopic (exact) mass is 420 g/mol. The molecular formula is C20H18Cl2N2O2S. The van der Waals surface area contributed by atoms with Crippen molar-refractivity contribution in [3.05, 3.63) is 44.4 Å². The van der Waals surface area contributed by atoms with Gasteiger partial charge in [0, 0.05) is 11.1 Å². The number of benzene rings is 1. The number of hydrogen-bond donors (Lipinski definition) is 1. The van der Waals surface area contributed by atoms with Crippen molar-refractivity contribution in [3.63, 3.8) is 0 Å². The number of thiophene rings is 1. The molecule has 140 valence electrons. The number of halogens is 2. The molecule has 2 heterocycles. The van der Waals surface area contributed by atoms with Crippen molar-refractivity contribution in [1.29, 1.82) is 0 Å². The molecule has 0 aliphatic heterocycles. The highest BCUT2D eigenvalue weighted by Gasteiger charge is 2.26. The van der Waals surface area contributed by atoms with Gasteiger partial charge in [-0.2, -0.15) is 0 Å². The lowest BCUT2D eigenvalue weighted by atomic mass is 9.87. The average Bonchev–Trinajstić information content (AvgIpc) is 2.99. The standard InChI is InChI=1S/C20H18Cl2N2O2S/c1-2-26-20(25)18-17(23)16-15(10-7-8-12(21)13(22)9-10)11-5-3-4-6-14(11)24-19(16)27-18/h7-9H,2-6,23H2,1H3. The Morgan fingerprint density at radius 3 is 2.78 bits per heavy atom. The SMILES string of the molecule is CCOC(=O)c1sc2nc3c(c(-c4ccc(Cl)c(Cl)c4)c2c1N)CCCC3. The van der Waals surface area contributed by atoms with E-state index in [1.54, 1.807) is 13.0 Å². The molecule has 0 amide bonds. The molecular weight excluding hydrogens is 403 g/mol. The second-order valence-electron chi connectivity index (χ2n) is 6.49. The number of anilines is 1. The quantitative estimate of drug-likeness (QED) is 0.534. The van der Waals surface area contributed by atoms with Gasteiger partial charge in [0.05, 0.1) is 22.3 Å². The van der Waals surface area contributed by atoms with Crippen molar-refractivity contribution in [2.45, 2.75) is 32.6 Å². The fraction of sp³-hybridized carbons (Fsp3) is 0.300. The molecule has 1 aliphatic rings. The molecule has 0 unspecified atom stereocenters. The van der Waals surface area contributed by atoms with Crippen molar-refractivity contribution in [2.75, 3.05) is 12.3 Å². The van der Waals surface area contributed by atoms with Crippen molar-refractivity contribution in [3.8, 4) is 11.1 Å². The largest absolute Gasteiger partial charge is 0.462 e. The summed E-state index contributed by atoms with van der Waals surface area (Å²) in [5.41, 5.74) is 11.1. The van der Waals surface area contributed by atoms with Gasteiger partial charge in [0.25, 0.3) is 0 Å². The lowest BCUT2D eigenvalue weighted by Gasteiger charge is -2.20. The smallest absolute Gasteiger partial charge is 0.350 e. The fourth-order valence-corrected chi connectivity index (χ4v) is 4.94. The van der Waals surface area contributed by atoms with E-state index in [-0.39, 0.29) is 0 Å². The second-order valence-corrected chi connectivity index (χ2v) is 8.31. The fourth-order valence-electron chi connectivity index (χ4n) is 3.63. The minimum absolute atomic E-state index is 0.302. The number of fused-ring (bicyclic) bond motifs is 2. The maximum Gasteiger partial charge on any atom is 0.350 e. The summed E-state index contributed by atoms with van der Waals surface area (Å²) in [6, 6.07) is 5.59. The number of aryl methyl sites for hydroxylation is 1. The van der Waals surface area contributed by atoms with Crippen LogP contribution in [0.4, 0.5) is 5.69 Å². The number of pyridine rings is 1. The Morgan fingerprint density at radius 2 is 2.04 bits per heavy atom. The molecule has 0 saturated heterocycles. The maximum absolute atomic E-state index is 12.3. The number of rotatable bonds is 3. The van der Waals surface area contributed by atoms with E-state index in [1.165, 1.54) is 16.9 Å². The number of carbonyl (C=O) groups is 1. The van der Waals surface area contributed by atoms with Crippen LogP contribution in [0.15, 0.2) is 18.2 Å². The molecule has 0 spiro atoms. The molecule has 2 aromatic heterocycles. The van der Waals surface area contributed by atoms with Gasteiger partial charge in [-0.05, 0) is 61.4 Å². The Balaban J connectivity index is 2.04. The number of esters is 1. The molecule has 7 heteroatoms. The van der Waals surface area contributed by atoms with Gasteiger partial charge in [-0.1, -0.05) is 29.3 Å². The molecule has 0 saturated carbocycles. The summed E-state index contributed by atoms with van der Waals surface area (Å²) in [5, 5.41) is 1.80. The minimum atomic E-state index is -0.406. The number of nitrogens with two attached hydrogens (primary N) is 1. The van der Waals surface area contributed by atoms with Crippen LogP contribution in [-0.2, 0) is 17.6 Å². The molecule has 1 aromatic carbocycles. The molecule has 1 aliphatic carbocycles. The van der Waals surface area contributed by atoms with E-state index < -0.39 is 5.97 Å². The van der Waals surface area contributed by atoms with Gasteiger partial charge in [0.2, 0.25) is 0 Å². The first-order chi connectivity index (χ1) is 13.0. The highest BCUT2D eigenvalue weighted by atomic mass is 35.5. The zero-order valence-electron chi connectivity index (χ0n) is 14.8. The van der Waals surface area contributed by atoms with Gasteiger partial charge in [0.1, 0.15) is 9.71 Å². The van der Waals surface area contributed by atoms with Crippen LogP contribution in [0.1, 0.15) is 40.7 Å². The van der Waals surface area contributed by atoms with E-state index >= 15 is 0 Å². The van der Waals surface area contributed by atoms with Crippen LogP contribution in [0.2, 0.25) is 10.0 Å². The van der Waals surface area contributed by atoms with E-state index in [2.05, 4.69) is 0 Å². The summed E-state index contributed by atoms with van der Waals surface area (Å²) in [6.45, 7) is 2.08. The highest BCUT2D eigenvalue weighted by molar-refractivity contribution is 7.21. The summed E-state index contributed by atoms with van der Waals surface area (Å²) in [6.07, 6.45) is 4.06. The molecule has 4 nitrogen and oxygen atoms in total. The molecule has 3 aromatic rings. The Bertz CT molecular complexity index is 1060. The first-order valence-corrected chi connectivity index (χ1v) is 10.4. The van der Waals surface area contributed by atoms with Gasteiger partial charge in [-0.15, -0.1) is 11.3 Å². The van der Waals surface area contributed by atoms with E-state index in [0.29, 0.717) is 27.2 Å². The van der Waals surface area contributed by atoms with Gasteiger partial charge >= 0.3 is 5.97 Å². The summed E-state index contributed by atoms with van der Waals surface area (Å²) in [7, 11) is 0. The third-order valence-corrected chi connectivity index (χ3v) is 6.64. The predicted molar refractivity (Wildman–Crippen MR) is 112 cm³/mol. The van der Waals surface area contributed by atoms with Crippen molar-refractivity contribution in [1.82, 2.24) is 4.98 Å². The second kappa shape index (κ2) is 7.30. The van der Waals surface area contributed by atoms with Crippen LogP contribution in [0, 0.1) is 0 Å². The Hall–Kier alpha value is -1.82. The zero-order chi connectivity index (χ0) is 19.1. The van der Waals surface area contributed by atoms with Crippen molar-refractivity contribution < 1.29 is 9.53 Å². The van der Waals surface area contributed by atoms with Gasteiger partial charge in [-0.25, -0.2) is 9.78 Å². The third-order valence-electron chi connectivity index (χ3n) is 4.82. The molecule has 0 fully saturated rings. The molecule has 0 bridgehead atoms. The van der Waals surface area contributed by atoms with Crippen LogP contribution in [0.25, 0.3) is 21.3 Å². The summed E-state index contributed by atoms with van der Waals surface area (Å²) in [4.78, 5) is 18.3. The summed E-state index contributed by atoms with van der Waals surface area (Å²) >= 11 is 13.7. The van der Waals surface area contributed by atoms with Gasteiger partial charge in [0.15, 0.2) is 0 Å². The topological polar surface area (TPSA) is 65.2 Å². The maximum atomic E-state index is 12.3. The Morgan fingerprint density at radius 1 is 1.26 bits per heavy atom. The van der Waals surface area contributed by atoms with Crippen LogP contribution >= 0.6 is 34.5 Å². The van der Waals surface area contributed by atoms with Crippen LogP contribution < -0.4 is 5.73 Å². The first kappa shape index (κ1) is 18.5. The first-order valence-electron chi connectivity index (χ1n) is 8.87. The summed E-state index contributed by atoms with van der Waals surface area (Å²) in [5.74, 6) is -0.406. The minimum Gasteiger partial charge on any atom is -0.462 e. The van der Waals surface area contributed by atoms with Crippen LogP contribution in [0.5, 0.6) is 0 Å². The lowest BCUT2D eigenvalue weighted by Crippen LogP contribution is -2.08. The normalized spacial score (nSPS) is 13.6. The number of nitrogen functional groups attached to an aromatic ring is 1. The Labute approximate surface area is 171 Å². The molecule has 0 radical (unpaired) electrons. The van der Waals surface area contributed by atoms with Gasteiger partial charge < -0.3 is 10.5 Å². The average molecular weight is 421 g/mol. The molecule has 2 N–H and O–H groups in total.